The molecule has 1 heterocycles. The lowest BCUT2D eigenvalue weighted by Gasteiger charge is -2.22. The van der Waals surface area contributed by atoms with Crippen LogP contribution in [-0.2, 0) is 11.8 Å². The number of hydrogen-bond acceptors (Lipinski definition) is 1. The average Bonchev–Trinajstić information content (AvgIpc) is 2.39. The van der Waals surface area contributed by atoms with Crippen LogP contribution in [0.15, 0.2) is 12.1 Å². The Morgan fingerprint density at radius 3 is 2.38 bits per heavy atom. The molecular formula is C15H22O. The van der Waals surface area contributed by atoms with Gasteiger partial charge in [0.15, 0.2) is 0 Å². The Kier molecular flexibility index (Phi) is 2.34. The molecule has 16 heavy (non-hydrogen) atoms. The van der Waals surface area contributed by atoms with E-state index in [0.717, 1.165) is 12.2 Å². The second kappa shape index (κ2) is 3.26. The molecule has 1 aliphatic heterocycles. The second-order valence-corrected chi connectivity index (χ2v) is 6.53. The summed E-state index contributed by atoms with van der Waals surface area (Å²) < 4.78 is 6.06. The maximum absolute atomic E-state index is 6.06. The highest BCUT2D eigenvalue weighted by atomic mass is 16.5. The van der Waals surface area contributed by atoms with Crippen LogP contribution in [0.25, 0.3) is 0 Å². The molecule has 0 radical (unpaired) electrons. The molecule has 0 saturated carbocycles. The fourth-order valence-corrected chi connectivity index (χ4v) is 2.50. The summed E-state index contributed by atoms with van der Waals surface area (Å²) >= 11 is 0. The molecule has 0 aliphatic carbocycles. The quantitative estimate of drug-likeness (QED) is 0.639. The Hall–Kier alpha value is -0.980. The monoisotopic (exact) mass is 218 g/mol. The van der Waals surface area contributed by atoms with E-state index in [9.17, 15) is 0 Å². The van der Waals surface area contributed by atoms with Crippen molar-refractivity contribution in [2.24, 2.45) is 0 Å². The van der Waals surface area contributed by atoms with Crippen LogP contribution in [0, 0.1) is 6.92 Å². The molecule has 0 amide bonds. The summed E-state index contributed by atoms with van der Waals surface area (Å²) in [5.74, 6) is 1.12. The number of hydrogen-bond donors (Lipinski definition) is 0. The highest BCUT2D eigenvalue weighted by Crippen LogP contribution is 2.42. The average molecular weight is 218 g/mol. The van der Waals surface area contributed by atoms with E-state index in [1.54, 1.807) is 0 Å². The standard InChI is InChI=1S/C15H22O/c1-10-7-8-12(14(2,3)4)11-9-15(5,6)16-13(10)11/h7-8H,9H2,1-6H3. The Morgan fingerprint density at radius 2 is 1.81 bits per heavy atom. The maximum Gasteiger partial charge on any atom is 0.126 e. The molecular weight excluding hydrogens is 196 g/mol. The van der Waals surface area contributed by atoms with E-state index in [4.69, 9.17) is 4.74 Å². The minimum absolute atomic E-state index is 0.0472. The van der Waals surface area contributed by atoms with E-state index in [1.807, 2.05) is 0 Å². The second-order valence-electron chi connectivity index (χ2n) is 6.53. The SMILES string of the molecule is Cc1ccc(C(C)(C)C)c2c1OC(C)(C)C2. The Labute approximate surface area is 98.8 Å². The third kappa shape index (κ3) is 1.83. The largest absolute Gasteiger partial charge is 0.487 e. The van der Waals surface area contributed by atoms with Gasteiger partial charge in [0.1, 0.15) is 11.4 Å². The molecule has 2 rings (SSSR count). The third-order valence-corrected chi connectivity index (χ3v) is 3.25. The number of benzene rings is 1. The molecule has 0 fully saturated rings. The first-order valence-electron chi connectivity index (χ1n) is 6.03. The number of fused-ring (bicyclic) bond motifs is 1. The van der Waals surface area contributed by atoms with Gasteiger partial charge in [-0.25, -0.2) is 0 Å². The molecule has 0 unspecified atom stereocenters. The van der Waals surface area contributed by atoms with Crippen molar-refractivity contribution in [3.05, 3.63) is 28.8 Å². The molecule has 0 N–H and O–H groups in total. The number of ether oxygens (including phenoxy) is 1. The van der Waals surface area contributed by atoms with Crippen LogP contribution in [-0.4, -0.2) is 5.60 Å². The van der Waals surface area contributed by atoms with Crippen molar-refractivity contribution in [2.75, 3.05) is 0 Å². The molecule has 1 heteroatoms. The van der Waals surface area contributed by atoms with Crippen molar-refractivity contribution >= 4 is 0 Å². The molecule has 1 aliphatic rings. The van der Waals surface area contributed by atoms with Crippen molar-refractivity contribution in [2.45, 2.75) is 59.0 Å². The maximum atomic E-state index is 6.06. The third-order valence-electron chi connectivity index (χ3n) is 3.25. The van der Waals surface area contributed by atoms with Crippen molar-refractivity contribution < 1.29 is 4.74 Å². The summed E-state index contributed by atoms with van der Waals surface area (Å²) in [7, 11) is 0. The van der Waals surface area contributed by atoms with Gasteiger partial charge < -0.3 is 4.74 Å². The van der Waals surface area contributed by atoms with Crippen LogP contribution < -0.4 is 4.74 Å². The van der Waals surface area contributed by atoms with Crippen LogP contribution >= 0.6 is 0 Å². The van der Waals surface area contributed by atoms with Gasteiger partial charge in [-0.05, 0) is 37.3 Å². The molecule has 0 atom stereocenters. The molecule has 88 valence electrons. The zero-order valence-corrected chi connectivity index (χ0v) is 11.3. The highest BCUT2D eigenvalue weighted by molar-refractivity contribution is 5.51. The van der Waals surface area contributed by atoms with E-state index in [-0.39, 0.29) is 11.0 Å². The van der Waals surface area contributed by atoms with Crippen LogP contribution in [0.4, 0.5) is 0 Å². The van der Waals surface area contributed by atoms with Gasteiger partial charge in [-0.15, -0.1) is 0 Å². The summed E-state index contributed by atoms with van der Waals surface area (Å²) in [6.45, 7) is 13.3. The normalized spacial score (nSPS) is 18.1. The van der Waals surface area contributed by atoms with Gasteiger partial charge in [0.25, 0.3) is 0 Å². The van der Waals surface area contributed by atoms with Crippen molar-refractivity contribution in [1.29, 1.82) is 0 Å². The summed E-state index contributed by atoms with van der Waals surface area (Å²) in [5, 5.41) is 0. The summed E-state index contributed by atoms with van der Waals surface area (Å²) in [6, 6.07) is 4.44. The fourth-order valence-electron chi connectivity index (χ4n) is 2.50. The lowest BCUT2D eigenvalue weighted by molar-refractivity contribution is 0.137. The molecule has 1 aromatic rings. The zero-order chi connectivity index (χ0) is 12.1. The molecule has 1 aromatic carbocycles. The highest BCUT2D eigenvalue weighted by Gasteiger charge is 2.35. The lowest BCUT2D eigenvalue weighted by atomic mass is 9.81. The molecule has 0 aromatic heterocycles. The first-order chi connectivity index (χ1) is 7.21. The molecule has 1 nitrogen and oxygen atoms in total. The van der Waals surface area contributed by atoms with Gasteiger partial charge in [-0.3, -0.25) is 0 Å². The Morgan fingerprint density at radius 1 is 1.19 bits per heavy atom. The Balaban J connectivity index is 2.59. The van der Waals surface area contributed by atoms with Gasteiger partial charge in [0.2, 0.25) is 0 Å². The van der Waals surface area contributed by atoms with Crippen LogP contribution in [0.1, 0.15) is 51.3 Å². The van der Waals surface area contributed by atoms with Crippen LogP contribution in [0.3, 0.4) is 0 Å². The van der Waals surface area contributed by atoms with Gasteiger partial charge >= 0.3 is 0 Å². The Bertz CT molecular complexity index is 422. The van der Waals surface area contributed by atoms with Crippen molar-refractivity contribution in [3.8, 4) is 5.75 Å². The van der Waals surface area contributed by atoms with Gasteiger partial charge in [0, 0.05) is 12.0 Å². The lowest BCUT2D eigenvalue weighted by Crippen LogP contribution is -2.25. The predicted octanol–water partition coefficient (Wildman–Crippen LogP) is 4.01. The van der Waals surface area contributed by atoms with E-state index in [0.29, 0.717) is 0 Å². The van der Waals surface area contributed by atoms with Gasteiger partial charge in [-0.1, -0.05) is 32.9 Å². The van der Waals surface area contributed by atoms with E-state index in [1.165, 1.54) is 16.7 Å². The minimum atomic E-state index is -0.0472. The first kappa shape index (κ1) is 11.5. The summed E-state index contributed by atoms with van der Waals surface area (Å²) in [4.78, 5) is 0. The predicted molar refractivity (Wildman–Crippen MR) is 68.3 cm³/mol. The van der Waals surface area contributed by atoms with E-state index in [2.05, 4.69) is 53.7 Å². The topological polar surface area (TPSA) is 9.23 Å². The van der Waals surface area contributed by atoms with Gasteiger partial charge in [-0.2, -0.15) is 0 Å². The first-order valence-corrected chi connectivity index (χ1v) is 6.03. The number of aryl methyl sites for hydroxylation is 1. The van der Waals surface area contributed by atoms with Crippen LogP contribution in [0.5, 0.6) is 5.75 Å². The van der Waals surface area contributed by atoms with Gasteiger partial charge in [0.05, 0.1) is 0 Å². The van der Waals surface area contributed by atoms with Crippen molar-refractivity contribution in [1.82, 2.24) is 0 Å². The van der Waals surface area contributed by atoms with Crippen LogP contribution in [0.2, 0.25) is 0 Å². The van der Waals surface area contributed by atoms with E-state index >= 15 is 0 Å². The summed E-state index contributed by atoms with van der Waals surface area (Å²) in [6.07, 6.45) is 1.02. The summed E-state index contributed by atoms with van der Waals surface area (Å²) in [5.41, 5.74) is 4.25. The molecule has 0 saturated heterocycles. The molecule has 0 bridgehead atoms. The minimum Gasteiger partial charge on any atom is -0.487 e. The van der Waals surface area contributed by atoms with E-state index < -0.39 is 0 Å². The smallest absolute Gasteiger partial charge is 0.126 e. The number of rotatable bonds is 0. The fraction of sp³-hybridized carbons (Fsp3) is 0.600. The zero-order valence-electron chi connectivity index (χ0n) is 11.3. The van der Waals surface area contributed by atoms with Crippen molar-refractivity contribution in [3.63, 3.8) is 0 Å². The molecule has 0 spiro atoms.